The second-order valence-electron chi connectivity index (χ2n) is 7.89. The van der Waals surface area contributed by atoms with E-state index in [-0.39, 0.29) is 37.8 Å². The molecule has 1 unspecified atom stereocenters. The summed E-state index contributed by atoms with van der Waals surface area (Å²) in [6.07, 6.45) is 3.43. The van der Waals surface area contributed by atoms with E-state index in [4.69, 9.17) is 18.8 Å². The van der Waals surface area contributed by atoms with E-state index in [0.717, 1.165) is 42.1 Å². The zero-order chi connectivity index (χ0) is 21.8. The molecule has 0 aromatic heterocycles. The van der Waals surface area contributed by atoms with Gasteiger partial charge in [0.05, 0.1) is 43.4 Å². The van der Waals surface area contributed by atoms with Crippen molar-refractivity contribution in [3.05, 3.63) is 42.0 Å². The maximum atomic E-state index is 13.0. The number of phosphoric acid groups is 1. The highest BCUT2D eigenvalue weighted by atomic mass is 31.2. The molecule has 0 saturated carbocycles. The Morgan fingerprint density at radius 1 is 1.06 bits per heavy atom. The Kier molecular flexibility index (Phi) is 6.60. The van der Waals surface area contributed by atoms with Crippen molar-refractivity contribution in [1.82, 2.24) is 0 Å². The topological polar surface area (TPSA) is 95.6 Å². The van der Waals surface area contributed by atoms with Gasteiger partial charge in [-0.25, -0.2) is 4.57 Å². The molecule has 0 amide bonds. The first-order chi connectivity index (χ1) is 15.1. The van der Waals surface area contributed by atoms with Gasteiger partial charge >= 0.3 is 7.82 Å². The van der Waals surface area contributed by atoms with Crippen LogP contribution in [0.2, 0.25) is 0 Å². The van der Waals surface area contributed by atoms with Crippen LogP contribution in [0.25, 0.3) is 10.8 Å². The quantitative estimate of drug-likeness (QED) is 0.407. The van der Waals surface area contributed by atoms with Gasteiger partial charge in [0.2, 0.25) is 0 Å². The predicted molar refractivity (Wildman–Crippen MR) is 117 cm³/mol. The van der Waals surface area contributed by atoms with Gasteiger partial charge < -0.3 is 4.90 Å². The largest absolute Gasteiger partial charge is 0.475 e. The third-order valence-corrected chi connectivity index (χ3v) is 7.65. The van der Waals surface area contributed by atoms with Gasteiger partial charge in [0.15, 0.2) is 0 Å². The van der Waals surface area contributed by atoms with Gasteiger partial charge in [-0.15, -0.1) is 0 Å². The Morgan fingerprint density at radius 3 is 2.42 bits per heavy atom. The lowest BCUT2D eigenvalue weighted by molar-refractivity contribution is 0.0635. The lowest BCUT2D eigenvalue weighted by Gasteiger charge is -2.41. The average molecular weight is 439 g/mol. The molecule has 2 fully saturated rings. The van der Waals surface area contributed by atoms with Crippen LogP contribution in [0.15, 0.2) is 36.4 Å². The number of piperidine rings is 1. The van der Waals surface area contributed by atoms with Crippen molar-refractivity contribution >= 4 is 24.3 Å². The van der Waals surface area contributed by atoms with Crippen molar-refractivity contribution < 1.29 is 18.1 Å². The molecule has 4 atom stereocenters. The van der Waals surface area contributed by atoms with Gasteiger partial charge in [-0.1, -0.05) is 24.3 Å². The Bertz CT molecular complexity index is 1060. The number of phosphoric ester groups is 1. The summed E-state index contributed by atoms with van der Waals surface area (Å²) in [7, 11) is -3.69. The van der Waals surface area contributed by atoms with Crippen molar-refractivity contribution in [2.24, 2.45) is 0 Å². The van der Waals surface area contributed by atoms with Crippen molar-refractivity contribution in [2.45, 2.75) is 57.2 Å². The smallest absolute Gasteiger partial charge is 0.365 e. The third-order valence-electron chi connectivity index (χ3n) is 6.02. The summed E-state index contributed by atoms with van der Waals surface area (Å²) in [6, 6.07) is 16.7. The van der Waals surface area contributed by atoms with Crippen LogP contribution >= 0.6 is 7.82 Å². The summed E-state index contributed by atoms with van der Waals surface area (Å²) in [5.41, 5.74) is 1.82. The molecule has 31 heavy (non-hydrogen) atoms. The monoisotopic (exact) mass is 439 g/mol. The molecule has 162 valence electrons. The van der Waals surface area contributed by atoms with Crippen LogP contribution in [0.1, 0.15) is 44.6 Å². The minimum Gasteiger partial charge on any atom is -0.365 e. The second-order valence-corrected chi connectivity index (χ2v) is 9.51. The fraction of sp³-hybridized carbons (Fsp3) is 0.478. The van der Waals surface area contributed by atoms with E-state index < -0.39 is 7.82 Å². The Balaban J connectivity index is 1.54. The first-order valence-corrected chi connectivity index (χ1v) is 12.2. The van der Waals surface area contributed by atoms with Crippen LogP contribution in [0.5, 0.6) is 0 Å². The number of fused-ring (bicyclic) bond motifs is 3. The highest BCUT2D eigenvalue weighted by Gasteiger charge is 2.44. The molecular weight excluding hydrogens is 413 g/mol. The van der Waals surface area contributed by atoms with Crippen molar-refractivity contribution in [1.29, 1.82) is 10.5 Å². The van der Waals surface area contributed by atoms with Crippen LogP contribution < -0.4 is 4.90 Å². The first kappa shape index (κ1) is 21.8. The summed E-state index contributed by atoms with van der Waals surface area (Å²) < 4.78 is 29.5. The molecule has 2 bridgehead atoms. The van der Waals surface area contributed by atoms with Gasteiger partial charge in [0, 0.05) is 28.5 Å². The highest BCUT2D eigenvalue weighted by Crippen LogP contribution is 2.53. The van der Waals surface area contributed by atoms with E-state index in [1.54, 1.807) is 6.92 Å². The maximum Gasteiger partial charge on any atom is 0.475 e. The lowest BCUT2D eigenvalue weighted by atomic mass is 9.96. The molecule has 2 heterocycles. The second kappa shape index (κ2) is 9.39. The van der Waals surface area contributed by atoms with E-state index in [1.165, 1.54) is 0 Å². The van der Waals surface area contributed by atoms with Crippen LogP contribution in [-0.2, 0) is 18.1 Å². The molecule has 7 nitrogen and oxygen atoms in total. The van der Waals surface area contributed by atoms with Crippen molar-refractivity contribution in [2.75, 3.05) is 18.1 Å². The van der Waals surface area contributed by atoms with E-state index in [0.29, 0.717) is 5.56 Å². The molecule has 2 aliphatic heterocycles. The number of hydrogen-bond donors (Lipinski definition) is 0. The number of benzene rings is 2. The molecule has 2 aromatic carbocycles. The van der Waals surface area contributed by atoms with Crippen LogP contribution in [-0.4, -0.2) is 31.4 Å². The third kappa shape index (κ3) is 4.47. The summed E-state index contributed by atoms with van der Waals surface area (Å²) in [6.45, 7) is 1.98. The lowest BCUT2D eigenvalue weighted by Crippen LogP contribution is -2.45. The van der Waals surface area contributed by atoms with Gasteiger partial charge in [-0.2, -0.15) is 10.5 Å². The molecule has 0 radical (unpaired) electrons. The number of nitrogens with zero attached hydrogens (tertiary/aromatic N) is 3. The zero-order valence-electron chi connectivity index (χ0n) is 17.6. The van der Waals surface area contributed by atoms with E-state index >= 15 is 0 Å². The molecule has 2 saturated heterocycles. The molecule has 2 aliphatic rings. The molecule has 4 rings (SSSR count). The summed E-state index contributed by atoms with van der Waals surface area (Å²) in [5, 5.41) is 20.2. The van der Waals surface area contributed by atoms with Gasteiger partial charge in [0.1, 0.15) is 0 Å². The van der Waals surface area contributed by atoms with Gasteiger partial charge in [-0.05, 0) is 44.7 Å². The molecular formula is C23H26N3O4P. The van der Waals surface area contributed by atoms with Crippen LogP contribution in [0.4, 0.5) is 5.69 Å². The molecule has 0 spiro atoms. The zero-order valence-corrected chi connectivity index (χ0v) is 18.5. The number of rotatable bonds is 8. The fourth-order valence-corrected chi connectivity index (χ4v) is 6.22. The predicted octanol–water partition coefficient (Wildman–Crippen LogP) is 5.30. The SMILES string of the molecule is CCOP(=O)(OCCC#N)O[C@H]1C[C@H]2CC[C@@H](C1)N2c1ccc(C#N)c2ccccc12. The first-order valence-electron chi connectivity index (χ1n) is 10.7. The van der Waals surface area contributed by atoms with E-state index in [9.17, 15) is 9.83 Å². The highest BCUT2D eigenvalue weighted by molar-refractivity contribution is 7.48. The molecule has 0 aliphatic carbocycles. The summed E-state index contributed by atoms with van der Waals surface area (Å²) in [5.74, 6) is 0. The van der Waals surface area contributed by atoms with Crippen molar-refractivity contribution in [3.8, 4) is 12.1 Å². The summed E-state index contributed by atoms with van der Waals surface area (Å²) >= 11 is 0. The number of nitriles is 2. The fourth-order valence-electron chi connectivity index (χ4n) is 4.85. The maximum absolute atomic E-state index is 13.0. The van der Waals surface area contributed by atoms with E-state index in [2.05, 4.69) is 17.0 Å². The normalized spacial score (nSPS) is 24.5. The number of hydrogen-bond acceptors (Lipinski definition) is 7. The van der Waals surface area contributed by atoms with Crippen LogP contribution in [0.3, 0.4) is 0 Å². The minimum atomic E-state index is -3.69. The van der Waals surface area contributed by atoms with Crippen molar-refractivity contribution in [3.63, 3.8) is 0 Å². The summed E-state index contributed by atoms with van der Waals surface area (Å²) in [4.78, 5) is 2.45. The Hall–Kier alpha value is -2.41. The Labute approximate surface area is 182 Å². The standard InChI is InChI=1S/C23H26N3O4P/c1-2-28-31(27,29-13-5-12-24)30-20-14-18-9-10-19(15-20)26(18)23-11-8-17(16-25)21-6-3-4-7-22(21)23/h3-4,6-8,11,18-20H,2,5,9-10,13-15H2,1H3/t18-,19+,20+,31?. The number of anilines is 1. The van der Waals surface area contributed by atoms with Crippen LogP contribution in [0, 0.1) is 22.7 Å². The van der Waals surface area contributed by atoms with Gasteiger partial charge in [-0.3, -0.25) is 13.6 Å². The molecule has 0 N–H and O–H groups in total. The average Bonchev–Trinajstić information content (AvgIpc) is 3.03. The molecule has 8 heteroatoms. The van der Waals surface area contributed by atoms with E-state index in [1.807, 2.05) is 36.4 Å². The molecule has 2 aromatic rings. The van der Waals surface area contributed by atoms with Gasteiger partial charge in [0.25, 0.3) is 0 Å². The Morgan fingerprint density at radius 2 is 1.77 bits per heavy atom. The minimum absolute atomic E-state index is 0.0245.